The van der Waals surface area contributed by atoms with E-state index < -0.39 is 0 Å². The van der Waals surface area contributed by atoms with Crippen LogP contribution in [-0.2, 0) is 5.41 Å². The zero-order valence-corrected chi connectivity index (χ0v) is 16.0. The van der Waals surface area contributed by atoms with E-state index in [9.17, 15) is 4.79 Å². The van der Waals surface area contributed by atoms with Crippen LogP contribution in [0.15, 0.2) is 18.2 Å². The van der Waals surface area contributed by atoms with Crippen molar-refractivity contribution in [1.82, 2.24) is 15.1 Å². The lowest BCUT2D eigenvalue weighted by atomic mass is 9.85. The summed E-state index contributed by atoms with van der Waals surface area (Å²) in [6.45, 7) is 13.5. The lowest BCUT2D eigenvalue weighted by Crippen LogP contribution is -2.52. The average molecular weight is 348 g/mol. The summed E-state index contributed by atoms with van der Waals surface area (Å²) in [5.41, 5.74) is 7.92. The van der Waals surface area contributed by atoms with Crippen LogP contribution in [0.4, 0.5) is 4.79 Å². The van der Waals surface area contributed by atoms with E-state index in [-0.39, 0.29) is 18.2 Å². The van der Waals surface area contributed by atoms with Crippen LogP contribution in [0.5, 0.6) is 5.75 Å². The number of carbonyl (C=O) groups excluding carboxylic acids is 1. The van der Waals surface area contributed by atoms with Gasteiger partial charge in [0.15, 0.2) is 6.73 Å². The summed E-state index contributed by atoms with van der Waals surface area (Å²) in [6.07, 6.45) is 0. The molecule has 0 bridgehead atoms. The number of carbonyl (C=O) groups is 1. The van der Waals surface area contributed by atoms with Crippen molar-refractivity contribution in [2.24, 2.45) is 5.73 Å². The fourth-order valence-electron chi connectivity index (χ4n) is 3.00. The molecular weight excluding hydrogens is 316 g/mol. The minimum atomic E-state index is -0.0724. The van der Waals surface area contributed by atoms with Gasteiger partial charge in [-0.2, -0.15) is 0 Å². The molecule has 2 rings (SSSR count). The second kappa shape index (κ2) is 8.54. The van der Waals surface area contributed by atoms with E-state index >= 15 is 0 Å². The number of nitrogens with one attached hydrogen (secondary N) is 1. The summed E-state index contributed by atoms with van der Waals surface area (Å²) in [6, 6.07) is 6.08. The predicted octanol–water partition coefficient (Wildman–Crippen LogP) is 1.91. The maximum absolute atomic E-state index is 12.3. The van der Waals surface area contributed by atoms with E-state index in [1.54, 1.807) is 0 Å². The Balaban J connectivity index is 1.84. The molecule has 1 aromatic carbocycles. The van der Waals surface area contributed by atoms with Gasteiger partial charge in [-0.25, -0.2) is 4.79 Å². The van der Waals surface area contributed by atoms with Gasteiger partial charge in [-0.15, -0.1) is 0 Å². The molecule has 140 valence electrons. The molecule has 6 nitrogen and oxygen atoms in total. The van der Waals surface area contributed by atoms with Crippen molar-refractivity contribution in [3.05, 3.63) is 29.3 Å². The lowest BCUT2D eigenvalue weighted by Gasteiger charge is -2.34. The molecule has 0 spiro atoms. The van der Waals surface area contributed by atoms with Crippen LogP contribution in [0, 0.1) is 6.92 Å². The maximum Gasteiger partial charge on any atom is 0.320 e. The zero-order chi connectivity index (χ0) is 18.4. The molecule has 0 aromatic heterocycles. The number of urea groups is 1. The Morgan fingerprint density at radius 3 is 2.52 bits per heavy atom. The van der Waals surface area contributed by atoms with Crippen LogP contribution in [0.3, 0.4) is 0 Å². The molecule has 1 aliphatic rings. The number of nitrogens with two attached hydrogens (primary N) is 1. The first-order valence-corrected chi connectivity index (χ1v) is 9.00. The van der Waals surface area contributed by atoms with Gasteiger partial charge in [0.1, 0.15) is 5.75 Å². The number of amides is 2. The second-order valence-electron chi connectivity index (χ2n) is 7.64. The number of benzene rings is 1. The Hall–Kier alpha value is -1.79. The fraction of sp³-hybridized carbons (Fsp3) is 0.632. The molecule has 1 fully saturated rings. The summed E-state index contributed by atoms with van der Waals surface area (Å²) in [5.74, 6) is 0.825. The molecule has 25 heavy (non-hydrogen) atoms. The largest absolute Gasteiger partial charge is 0.473 e. The first kappa shape index (κ1) is 19.5. The van der Waals surface area contributed by atoms with Gasteiger partial charge in [0.2, 0.25) is 0 Å². The topological polar surface area (TPSA) is 70.8 Å². The third-order valence-electron chi connectivity index (χ3n) is 4.50. The second-order valence-corrected chi connectivity index (χ2v) is 7.64. The first-order valence-electron chi connectivity index (χ1n) is 9.00. The van der Waals surface area contributed by atoms with Crippen LogP contribution in [-0.4, -0.2) is 61.8 Å². The molecule has 0 radical (unpaired) electrons. The SMILES string of the molecule is Cc1ccc(OCNC(=O)N2CCN(CCN)CC2)c(C(C)(C)C)c1. The molecule has 3 N–H and O–H groups in total. The highest BCUT2D eigenvalue weighted by Crippen LogP contribution is 2.31. The summed E-state index contributed by atoms with van der Waals surface area (Å²) in [5, 5.41) is 2.86. The molecule has 0 unspecified atom stereocenters. The lowest BCUT2D eigenvalue weighted by molar-refractivity contribution is 0.135. The minimum Gasteiger partial charge on any atom is -0.473 e. The smallest absolute Gasteiger partial charge is 0.320 e. The standard InChI is InChI=1S/C19H32N4O2/c1-15-5-6-17(16(13-15)19(2,3)4)25-14-21-18(24)23-11-9-22(8-7-20)10-12-23/h5-6,13H,7-12,14,20H2,1-4H3,(H,21,24). The normalized spacial score (nSPS) is 16.0. The van der Waals surface area contributed by atoms with E-state index in [1.807, 2.05) is 17.0 Å². The van der Waals surface area contributed by atoms with Gasteiger partial charge in [0, 0.05) is 39.3 Å². The molecule has 1 heterocycles. The maximum atomic E-state index is 12.3. The van der Waals surface area contributed by atoms with Gasteiger partial charge in [-0.05, 0) is 24.0 Å². The Labute approximate surface area is 151 Å². The van der Waals surface area contributed by atoms with Gasteiger partial charge in [0.25, 0.3) is 0 Å². The average Bonchev–Trinajstić information content (AvgIpc) is 2.56. The molecule has 0 saturated carbocycles. The summed E-state index contributed by atoms with van der Waals surface area (Å²) in [7, 11) is 0. The number of piperazine rings is 1. The van der Waals surface area contributed by atoms with Gasteiger partial charge in [-0.3, -0.25) is 4.90 Å². The monoisotopic (exact) mass is 348 g/mol. The van der Waals surface area contributed by atoms with Crippen LogP contribution in [0.1, 0.15) is 31.9 Å². The molecule has 1 aromatic rings. The molecule has 1 saturated heterocycles. The van der Waals surface area contributed by atoms with Crippen LogP contribution < -0.4 is 15.8 Å². The minimum absolute atomic E-state index is 0.00924. The molecule has 0 atom stereocenters. The fourth-order valence-corrected chi connectivity index (χ4v) is 3.00. The van der Waals surface area contributed by atoms with E-state index in [2.05, 4.69) is 44.0 Å². The summed E-state index contributed by atoms with van der Waals surface area (Å²) < 4.78 is 5.85. The van der Waals surface area contributed by atoms with Crippen molar-refractivity contribution in [2.45, 2.75) is 33.1 Å². The number of nitrogens with zero attached hydrogens (tertiary/aromatic N) is 2. The van der Waals surface area contributed by atoms with Crippen molar-refractivity contribution in [1.29, 1.82) is 0 Å². The van der Waals surface area contributed by atoms with Crippen molar-refractivity contribution < 1.29 is 9.53 Å². The number of aryl methyl sites for hydroxylation is 1. The number of rotatable bonds is 5. The van der Waals surface area contributed by atoms with E-state index in [0.717, 1.165) is 44.0 Å². The van der Waals surface area contributed by atoms with E-state index in [0.29, 0.717) is 6.54 Å². The highest BCUT2D eigenvalue weighted by Gasteiger charge is 2.21. The predicted molar refractivity (Wildman–Crippen MR) is 101 cm³/mol. The highest BCUT2D eigenvalue weighted by atomic mass is 16.5. The summed E-state index contributed by atoms with van der Waals surface area (Å²) in [4.78, 5) is 16.4. The highest BCUT2D eigenvalue weighted by molar-refractivity contribution is 5.74. The Morgan fingerprint density at radius 1 is 1.24 bits per heavy atom. The molecule has 2 amide bonds. The van der Waals surface area contributed by atoms with Crippen LogP contribution in [0.2, 0.25) is 0 Å². The van der Waals surface area contributed by atoms with Crippen molar-refractivity contribution in [2.75, 3.05) is 46.0 Å². The van der Waals surface area contributed by atoms with Crippen molar-refractivity contribution >= 4 is 6.03 Å². The third-order valence-corrected chi connectivity index (χ3v) is 4.50. The van der Waals surface area contributed by atoms with Crippen LogP contribution >= 0.6 is 0 Å². The zero-order valence-electron chi connectivity index (χ0n) is 16.0. The van der Waals surface area contributed by atoms with Gasteiger partial charge in [0.05, 0.1) is 0 Å². The third kappa shape index (κ3) is 5.61. The van der Waals surface area contributed by atoms with Gasteiger partial charge < -0.3 is 20.7 Å². The Kier molecular flexibility index (Phi) is 6.67. The van der Waals surface area contributed by atoms with E-state index in [4.69, 9.17) is 10.5 Å². The number of hydrogen-bond acceptors (Lipinski definition) is 4. The van der Waals surface area contributed by atoms with Crippen LogP contribution in [0.25, 0.3) is 0 Å². The summed E-state index contributed by atoms with van der Waals surface area (Å²) >= 11 is 0. The van der Waals surface area contributed by atoms with Gasteiger partial charge in [-0.1, -0.05) is 38.5 Å². The molecular formula is C19H32N4O2. The Morgan fingerprint density at radius 2 is 1.92 bits per heavy atom. The Bertz CT molecular complexity index is 575. The first-order chi connectivity index (χ1) is 11.8. The molecule has 6 heteroatoms. The quantitative estimate of drug-likeness (QED) is 0.798. The van der Waals surface area contributed by atoms with Crippen molar-refractivity contribution in [3.63, 3.8) is 0 Å². The van der Waals surface area contributed by atoms with Gasteiger partial charge >= 0.3 is 6.03 Å². The molecule has 1 aliphatic heterocycles. The number of ether oxygens (including phenoxy) is 1. The van der Waals surface area contributed by atoms with Crippen molar-refractivity contribution in [3.8, 4) is 5.75 Å². The molecule has 0 aliphatic carbocycles. The van der Waals surface area contributed by atoms with E-state index in [1.165, 1.54) is 5.56 Å². The number of hydrogen-bond donors (Lipinski definition) is 2.